The van der Waals surface area contributed by atoms with Crippen LogP contribution in [0.4, 0.5) is 43.9 Å². The van der Waals surface area contributed by atoms with E-state index in [1.807, 2.05) is 0 Å². The van der Waals surface area contributed by atoms with Gasteiger partial charge in [-0.2, -0.15) is 43.9 Å². The Hall–Kier alpha value is -0.910. The summed E-state index contributed by atoms with van der Waals surface area (Å²) in [5.74, 6) is 0. The van der Waals surface area contributed by atoms with Gasteiger partial charge < -0.3 is 9.04 Å². The van der Waals surface area contributed by atoms with Gasteiger partial charge in [0, 0.05) is 0 Å². The van der Waals surface area contributed by atoms with E-state index in [0.29, 0.717) is 0 Å². The fourth-order valence-corrected chi connectivity index (χ4v) is 4.26. The number of unbranched alkanes of at least 4 members (excludes halogenated alkanes) is 4. The second-order valence-corrected chi connectivity index (χ2v) is 10.5. The normalized spacial score (nSPS) is 21.0. The van der Waals surface area contributed by atoms with Gasteiger partial charge in [-0.1, -0.05) is 58.3 Å². The summed E-state index contributed by atoms with van der Waals surface area (Å²) in [5, 5.41) is -7.00. The van der Waals surface area contributed by atoms with Gasteiger partial charge in [0.05, 0.1) is 26.2 Å². The molecular weight excluding hydrogens is 566 g/mol. The first-order valence-electron chi connectivity index (χ1n) is 12.3. The Balaban J connectivity index is 0.000000739. The van der Waals surface area contributed by atoms with E-state index in [-0.39, 0.29) is 0 Å². The Morgan fingerprint density at radius 2 is 0.947 bits per heavy atom. The Labute approximate surface area is 216 Å². The van der Waals surface area contributed by atoms with Crippen molar-refractivity contribution in [3.05, 3.63) is 0 Å². The molecule has 0 aromatic heterocycles. The third-order valence-corrected chi connectivity index (χ3v) is 6.81. The molecule has 17 heteroatoms. The molecular formula is C21H36F10N2O4S. The quantitative estimate of drug-likeness (QED) is 0.0948. The van der Waals surface area contributed by atoms with Gasteiger partial charge in [0.2, 0.25) is 0 Å². The molecule has 0 N–H and O–H groups in total. The largest absolute Gasteiger partial charge is 0.742 e. The molecule has 1 rings (SSSR count). The number of morpholine rings is 1. The highest BCUT2D eigenvalue weighted by Crippen LogP contribution is 2.59. The van der Waals surface area contributed by atoms with Crippen molar-refractivity contribution >= 4 is 10.1 Å². The summed E-state index contributed by atoms with van der Waals surface area (Å²) in [6.07, 6.45) is -2.26. The van der Waals surface area contributed by atoms with Crippen LogP contribution in [0, 0.1) is 0 Å². The lowest BCUT2D eigenvalue weighted by Crippen LogP contribution is -2.78. The van der Waals surface area contributed by atoms with Crippen molar-refractivity contribution < 1.29 is 66.1 Å². The Kier molecular flexibility index (Phi) is 13.3. The van der Waals surface area contributed by atoms with E-state index in [1.54, 1.807) is 4.74 Å². The average molecular weight is 603 g/mol. The summed E-state index contributed by atoms with van der Waals surface area (Å²) in [6.45, 7) is 15.0. The van der Waals surface area contributed by atoms with Crippen molar-refractivity contribution in [1.29, 1.82) is 0 Å². The van der Waals surface area contributed by atoms with Crippen molar-refractivity contribution in [3.8, 4) is 0 Å². The van der Waals surface area contributed by atoms with Gasteiger partial charge >= 0.3 is 29.7 Å². The molecule has 6 nitrogen and oxygen atoms in total. The fourth-order valence-electron chi connectivity index (χ4n) is 3.80. The number of rotatable bonds is 14. The number of quaternary nitrogens is 1. The second-order valence-electron chi connectivity index (χ2n) is 9.14. The minimum absolute atomic E-state index is 1.35. The first kappa shape index (κ1) is 37.1. The molecule has 0 atom stereocenters. The minimum Gasteiger partial charge on any atom is -0.742 e. The van der Waals surface area contributed by atoms with Gasteiger partial charge in [0.25, 0.3) is 0 Å². The van der Waals surface area contributed by atoms with Gasteiger partial charge in [0.1, 0.15) is 0 Å². The maximum atomic E-state index is 12.9. The molecule has 1 saturated heterocycles. The summed E-state index contributed by atoms with van der Waals surface area (Å²) in [5.41, 5.74) is 0. The SMILES string of the molecule is CCCC[N+](CCCC)(CCCC)CCCC.O=S(=O)([O-])C(F)(F)N1C(F)(F)C(F)(F)OC(F)(F)C1(F)F. The zero-order valence-corrected chi connectivity index (χ0v) is 22.5. The smallest absolute Gasteiger partial charge is 0.439 e. The van der Waals surface area contributed by atoms with Crippen LogP contribution in [0.1, 0.15) is 79.1 Å². The molecule has 0 radical (unpaired) electrons. The molecule has 0 saturated carbocycles. The summed E-state index contributed by atoms with van der Waals surface area (Å²) >= 11 is 0. The lowest BCUT2D eigenvalue weighted by atomic mass is 10.1. The van der Waals surface area contributed by atoms with Crippen LogP contribution < -0.4 is 0 Å². The molecule has 0 unspecified atom stereocenters. The summed E-state index contributed by atoms with van der Waals surface area (Å²) in [4.78, 5) is -3.68. The highest BCUT2D eigenvalue weighted by atomic mass is 32.2. The predicted octanol–water partition coefficient (Wildman–Crippen LogP) is 6.79. The summed E-state index contributed by atoms with van der Waals surface area (Å²) in [7, 11) is -7.48. The topological polar surface area (TPSA) is 69.7 Å². The molecule has 0 aromatic carbocycles. The van der Waals surface area contributed by atoms with Crippen LogP contribution in [0.3, 0.4) is 0 Å². The number of halogens is 10. The van der Waals surface area contributed by atoms with E-state index < -0.39 is 44.7 Å². The van der Waals surface area contributed by atoms with Crippen LogP contribution in [0.5, 0.6) is 0 Å². The van der Waals surface area contributed by atoms with Crippen LogP contribution in [-0.4, -0.2) is 78.2 Å². The van der Waals surface area contributed by atoms with Crippen LogP contribution in [0.15, 0.2) is 0 Å². The minimum atomic E-state index is -7.48. The third-order valence-electron chi connectivity index (χ3n) is 6.02. The maximum Gasteiger partial charge on any atom is 0.439 e. The zero-order valence-electron chi connectivity index (χ0n) is 21.7. The summed E-state index contributed by atoms with van der Waals surface area (Å²) in [6, 6.07) is -13.9. The lowest BCUT2D eigenvalue weighted by Gasteiger charge is -2.49. The first-order chi connectivity index (χ1) is 17.1. The standard InChI is InChI=1S/C16H36N.C5HF10NO4S/c1-5-9-13-17(14-10-6-2,15-11-7-3)16-12-8-4;6-1(7)3(10,11)20-4(12,13)2(8,9)16(1)5(14,15)21(17,18)19/h5-16H2,1-4H3;(H,17,18,19)/q+1;/p-1. The van der Waals surface area contributed by atoms with Gasteiger partial charge in [-0.25, -0.2) is 13.2 Å². The van der Waals surface area contributed by atoms with Crippen molar-refractivity contribution in [1.82, 2.24) is 4.90 Å². The molecule has 0 bridgehead atoms. The monoisotopic (exact) mass is 602 g/mol. The van der Waals surface area contributed by atoms with Gasteiger partial charge in [-0.3, -0.25) is 0 Å². The van der Waals surface area contributed by atoms with Crippen LogP contribution in [0.2, 0.25) is 0 Å². The van der Waals surface area contributed by atoms with Crippen LogP contribution >= 0.6 is 0 Å². The highest BCUT2D eigenvalue weighted by molar-refractivity contribution is 7.86. The number of ether oxygens (including phenoxy) is 1. The van der Waals surface area contributed by atoms with Gasteiger partial charge in [-0.05, 0) is 25.7 Å². The lowest BCUT2D eigenvalue weighted by molar-refractivity contribution is -0.929. The van der Waals surface area contributed by atoms with E-state index in [1.165, 1.54) is 82.0 Å². The van der Waals surface area contributed by atoms with Crippen molar-refractivity contribution in [2.24, 2.45) is 0 Å². The molecule has 0 aromatic rings. The predicted molar refractivity (Wildman–Crippen MR) is 117 cm³/mol. The Bertz CT molecular complexity index is 765. The number of nitrogens with zero attached hydrogens (tertiary/aromatic N) is 2. The molecule has 230 valence electrons. The number of alkyl halides is 10. The van der Waals surface area contributed by atoms with E-state index >= 15 is 0 Å². The van der Waals surface area contributed by atoms with E-state index in [0.717, 1.165) is 0 Å². The molecule has 0 amide bonds. The molecule has 0 spiro atoms. The third kappa shape index (κ3) is 8.30. The molecule has 1 heterocycles. The molecule has 1 fully saturated rings. The van der Waals surface area contributed by atoms with Crippen molar-refractivity contribution in [2.75, 3.05) is 26.2 Å². The highest BCUT2D eigenvalue weighted by Gasteiger charge is 2.88. The maximum absolute atomic E-state index is 12.9. The molecule has 38 heavy (non-hydrogen) atoms. The van der Waals surface area contributed by atoms with Crippen molar-refractivity contribution in [2.45, 2.75) is 109 Å². The number of hydrogen-bond donors (Lipinski definition) is 0. The van der Waals surface area contributed by atoms with E-state index in [9.17, 15) is 56.9 Å². The Morgan fingerprint density at radius 3 is 1.16 bits per heavy atom. The zero-order chi connectivity index (χ0) is 30.3. The van der Waals surface area contributed by atoms with Crippen LogP contribution in [0.25, 0.3) is 0 Å². The van der Waals surface area contributed by atoms with Gasteiger partial charge in [-0.15, -0.1) is 0 Å². The van der Waals surface area contributed by atoms with E-state index in [2.05, 4.69) is 27.7 Å². The molecule has 1 aliphatic rings. The Morgan fingerprint density at radius 1 is 0.684 bits per heavy atom. The average Bonchev–Trinajstić information content (AvgIpc) is 2.75. The van der Waals surface area contributed by atoms with Crippen LogP contribution in [-0.2, 0) is 14.9 Å². The van der Waals surface area contributed by atoms with Gasteiger partial charge in [0.15, 0.2) is 10.1 Å². The second kappa shape index (κ2) is 13.6. The molecule has 0 aliphatic carbocycles. The van der Waals surface area contributed by atoms with E-state index in [4.69, 9.17) is 0 Å². The summed E-state index contributed by atoms with van der Waals surface area (Å²) < 4.78 is 160. The van der Waals surface area contributed by atoms with Crippen molar-refractivity contribution in [3.63, 3.8) is 0 Å². The first-order valence-corrected chi connectivity index (χ1v) is 13.7. The molecule has 1 aliphatic heterocycles. The number of hydrogen-bond acceptors (Lipinski definition) is 5. The fraction of sp³-hybridized carbons (Fsp3) is 1.00.